The van der Waals surface area contributed by atoms with Crippen molar-refractivity contribution in [1.29, 1.82) is 0 Å². The second-order valence-corrected chi connectivity index (χ2v) is 1.26. The Morgan fingerprint density at radius 2 is 2.43 bits per heavy atom. The topological polar surface area (TPSA) is 55.4 Å². The number of carbonyl (C=O) groups is 1. The van der Waals surface area contributed by atoms with Crippen LogP contribution in [-0.2, 0) is 4.79 Å². The molecule has 0 saturated carbocycles. The van der Waals surface area contributed by atoms with Gasteiger partial charge in [0.1, 0.15) is 6.04 Å². The van der Waals surface area contributed by atoms with Crippen LogP contribution in [0.3, 0.4) is 0 Å². The minimum Gasteiger partial charge on any atom is -0.368 e. The van der Waals surface area contributed by atoms with E-state index in [0.29, 0.717) is 0 Å². The second kappa shape index (κ2) is 2.34. The zero-order valence-corrected chi connectivity index (χ0v) is 4.22. The average molecular weight is 100 g/mol. The highest BCUT2D eigenvalue weighted by molar-refractivity contribution is 5.80. The molecule has 2 N–H and O–H groups in total. The summed E-state index contributed by atoms with van der Waals surface area (Å²) in [7, 11) is 0. The molecule has 0 rings (SSSR count). The van der Waals surface area contributed by atoms with Crippen LogP contribution in [0.1, 0.15) is 6.92 Å². The Labute approximate surface area is 42.2 Å². The molecule has 0 spiro atoms. The first-order chi connectivity index (χ1) is 3.18. The summed E-state index contributed by atoms with van der Waals surface area (Å²) < 4.78 is 0. The van der Waals surface area contributed by atoms with Gasteiger partial charge in [0, 0.05) is 0 Å². The second-order valence-electron chi connectivity index (χ2n) is 1.26. The molecule has 0 bridgehead atoms. The van der Waals surface area contributed by atoms with E-state index in [1.54, 1.807) is 6.92 Å². The van der Waals surface area contributed by atoms with E-state index >= 15 is 0 Å². The van der Waals surface area contributed by atoms with E-state index in [1.807, 2.05) is 0 Å². The van der Waals surface area contributed by atoms with Gasteiger partial charge >= 0.3 is 0 Å². The molecule has 0 aliphatic rings. The van der Waals surface area contributed by atoms with Crippen LogP contribution in [0.2, 0.25) is 0 Å². The third-order valence-electron chi connectivity index (χ3n) is 0.686. The monoisotopic (exact) mass is 100 g/mol. The fourth-order valence-corrected chi connectivity index (χ4v) is 0.0900. The standard InChI is InChI=1S/C4H8N2O/c1-3(6-2)4(5)7/h3H,2H2,1H3,(H2,5,7)/t3-/m1/s1. The van der Waals surface area contributed by atoms with Gasteiger partial charge in [-0.2, -0.15) is 0 Å². The van der Waals surface area contributed by atoms with Crippen molar-refractivity contribution in [3.05, 3.63) is 0 Å². The molecular formula is C4H8N2O. The summed E-state index contributed by atoms with van der Waals surface area (Å²) in [5, 5.41) is 0. The first kappa shape index (κ1) is 6.14. The van der Waals surface area contributed by atoms with Gasteiger partial charge in [0.2, 0.25) is 5.91 Å². The summed E-state index contributed by atoms with van der Waals surface area (Å²) in [6, 6.07) is -0.444. The number of amides is 1. The van der Waals surface area contributed by atoms with E-state index in [2.05, 4.69) is 11.7 Å². The number of aliphatic imine (C=N–C) groups is 1. The van der Waals surface area contributed by atoms with E-state index in [1.165, 1.54) is 0 Å². The highest BCUT2D eigenvalue weighted by atomic mass is 16.1. The number of carbonyl (C=O) groups excluding carboxylic acids is 1. The van der Waals surface area contributed by atoms with Gasteiger partial charge in [0.15, 0.2) is 0 Å². The molecule has 0 saturated heterocycles. The van der Waals surface area contributed by atoms with E-state index < -0.39 is 11.9 Å². The Morgan fingerprint density at radius 3 is 2.43 bits per heavy atom. The van der Waals surface area contributed by atoms with Crippen molar-refractivity contribution in [2.45, 2.75) is 13.0 Å². The predicted octanol–water partition coefficient (Wildman–Crippen LogP) is -0.439. The highest BCUT2D eigenvalue weighted by Crippen LogP contribution is 1.81. The Balaban J connectivity index is 3.55. The van der Waals surface area contributed by atoms with Crippen molar-refractivity contribution < 1.29 is 4.79 Å². The molecule has 0 aromatic heterocycles. The molecule has 1 atom stereocenters. The zero-order valence-electron chi connectivity index (χ0n) is 4.22. The molecule has 3 heteroatoms. The van der Waals surface area contributed by atoms with Gasteiger partial charge in [0.25, 0.3) is 0 Å². The molecule has 0 fully saturated rings. The number of nitrogens with two attached hydrogens (primary N) is 1. The third-order valence-corrected chi connectivity index (χ3v) is 0.686. The molecule has 1 amide bonds. The predicted molar refractivity (Wildman–Crippen MR) is 28.2 cm³/mol. The maximum Gasteiger partial charge on any atom is 0.241 e. The van der Waals surface area contributed by atoms with E-state index in [9.17, 15) is 4.79 Å². The van der Waals surface area contributed by atoms with Crippen molar-refractivity contribution in [2.24, 2.45) is 10.7 Å². The van der Waals surface area contributed by atoms with Crippen LogP contribution in [0.25, 0.3) is 0 Å². The summed E-state index contributed by atoms with van der Waals surface area (Å²) in [5.74, 6) is -0.435. The minimum absolute atomic E-state index is 0.435. The van der Waals surface area contributed by atoms with Crippen LogP contribution < -0.4 is 5.73 Å². The molecular weight excluding hydrogens is 92.1 g/mol. The first-order valence-electron chi connectivity index (χ1n) is 1.93. The molecule has 40 valence electrons. The van der Waals surface area contributed by atoms with E-state index in [0.717, 1.165) is 0 Å². The van der Waals surface area contributed by atoms with Crippen LogP contribution >= 0.6 is 0 Å². The maximum atomic E-state index is 10.0. The lowest BCUT2D eigenvalue weighted by atomic mass is 10.3. The van der Waals surface area contributed by atoms with Crippen LogP contribution in [0.4, 0.5) is 0 Å². The van der Waals surface area contributed by atoms with Crippen molar-refractivity contribution in [3.8, 4) is 0 Å². The number of rotatable bonds is 2. The van der Waals surface area contributed by atoms with Crippen molar-refractivity contribution in [3.63, 3.8) is 0 Å². The van der Waals surface area contributed by atoms with Crippen molar-refractivity contribution >= 4 is 12.6 Å². The van der Waals surface area contributed by atoms with Gasteiger partial charge in [0.05, 0.1) is 0 Å². The third kappa shape index (κ3) is 1.92. The highest BCUT2D eigenvalue weighted by Gasteiger charge is 2.00. The van der Waals surface area contributed by atoms with Crippen LogP contribution in [0.5, 0.6) is 0 Å². The fraction of sp³-hybridized carbons (Fsp3) is 0.500. The lowest BCUT2D eigenvalue weighted by Crippen LogP contribution is -2.23. The maximum absolute atomic E-state index is 10.0. The smallest absolute Gasteiger partial charge is 0.241 e. The minimum atomic E-state index is -0.444. The molecule has 0 unspecified atom stereocenters. The van der Waals surface area contributed by atoms with Crippen LogP contribution in [0.15, 0.2) is 4.99 Å². The van der Waals surface area contributed by atoms with Gasteiger partial charge in [-0.05, 0) is 13.6 Å². The lowest BCUT2D eigenvalue weighted by molar-refractivity contribution is -0.118. The Kier molecular flexibility index (Phi) is 2.05. The van der Waals surface area contributed by atoms with E-state index in [4.69, 9.17) is 5.73 Å². The Bertz CT molecular complexity index is 89.7. The number of primary amides is 1. The fourth-order valence-electron chi connectivity index (χ4n) is 0.0900. The van der Waals surface area contributed by atoms with Crippen LogP contribution in [0, 0.1) is 0 Å². The average Bonchev–Trinajstić information content (AvgIpc) is 1.65. The number of nitrogens with zero attached hydrogens (tertiary/aromatic N) is 1. The normalized spacial score (nSPS) is 12.7. The van der Waals surface area contributed by atoms with Gasteiger partial charge in [-0.15, -0.1) is 0 Å². The summed E-state index contributed by atoms with van der Waals surface area (Å²) in [5.41, 5.74) is 4.77. The summed E-state index contributed by atoms with van der Waals surface area (Å²) >= 11 is 0. The summed E-state index contributed by atoms with van der Waals surface area (Å²) in [6.07, 6.45) is 0. The zero-order chi connectivity index (χ0) is 5.86. The van der Waals surface area contributed by atoms with Gasteiger partial charge < -0.3 is 5.73 Å². The molecule has 0 aromatic carbocycles. The largest absolute Gasteiger partial charge is 0.368 e. The molecule has 3 nitrogen and oxygen atoms in total. The van der Waals surface area contributed by atoms with E-state index in [-0.39, 0.29) is 0 Å². The Morgan fingerprint density at radius 1 is 2.00 bits per heavy atom. The van der Waals surface area contributed by atoms with Gasteiger partial charge in [-0.1, -0.05) is 0 Å². The molecule has 0 aromatic rings. The Hall–Kier alpha value is -0.860. The molecule has 0 aliphatic heterocycles. The van der Waals surface area contributed by atoms with Gasteiger partial charge in [-0.3, -0.25) is 9.79 Å². The van der Waals surface area contributed by atoms with Crippen LogP contribution in [-0.4, -0.2) is 18.7 Å². The quantitative estimate of drug-likeness (QED) is 0.470. The molecule has 0 radical (unpaired) electrons. The number of hydrogen-bond donors (Lipinski definition) is 1. The van der Waals surface area contributed by atoms with Crippen molar-refractivity contribution in [1.82, 2.24) is 0 Å². The molecule has 0 heterocycles. The summed E-state index contributed by atoms with van der Waals surface area (Å²) in [6.45, 7) is 4.72. The first-order valence-corrected chi connectivity index (χ1v) is 1.93. The summed E-state index contributed by atoms with van der Waals surface area (Å²) in [4.78, 5) is 13.4. The molecule has 0 aliphatic carbocycles. The SMILES string of the molecule is C=N[C@H](C)C(N)=O. The number of hydrogen-bond acceptors (Lipinski definition) is 2. The van der Waals surface area contributed by atoms with Gasteiger partial charge in [-0.25, -0.2) is 0 Å². The molecule has 7 heavy (non-hydrogen) atoms. The van der Waals surface area contributed by atoms with Crippen molar-refractivity contribution in [2.75, 3.05) is 0 Å². The lowest BCUT2D eigenvalue weighted by Gasteiger charge is -1.93.